The first-order chi connectivity index (χ1) is 10.1. The molecule has 6 heteroatoms. The second kappa shape index (κ2) is 8.56. The lowest BCUT2D eigenvalue weighted by molar-refractivity contribution is -0.384. The maximum absolute atomic E-state index is 10.6. The lowest BCUT2D eigenvalue weighted by Gasteiger charge is -2.06. The van der Waals surface area contributed by atoms with Gasteiger partial charge >= 0.3 is 0 Å². The molecule has 0 amide bonds. The fourth-order valence-corrected chi connectivity index (χ4v) is 1.56. The third-order valence-corrected chi connectivity index (χ3v) is 2.60. The number of nitriles is 1. The zero-order valence-electron chi connectivity index (χ0n) is 11.3. The molecule has 0 saturated carbocycles. The highest BCUT2D eigenvalue weighted by Gasteiger charge is 2.06. The van der Waals surface area contributed by atoms with Gasteiger partial charge in [-0.1, -0.05) is 29.8 Å². The van der Waals surface area contributed by atoms with E-state index in [-0.39, 0.29) is 5.69 Å². The molecule has 0 heterocycles. The molecule has 2 rings (SSSR count). The third-order valence-electron chi connectivity index (χ3n) is 2.35. The molecule has 2 aromatic rings. The number of non-ortho nitro benzene ring substituents is 1. The van der Waals surface area contributed by atoms with Crippen molar-refractivity contribution in [1.82, 2.24) is 0 Å². The summed E-state index contributed by atoms with van der Waals surface area (Å²) in [5, 5.41) is 18.6. The molecule has 0 aliphatic carbocycles. The van der Waals surface area contributed by atoms with Gasteiger partial charge in [0.15, 0.2) is 0 Å². The molecule has 0 N–H and O–H groups in total. The minimum Gasteiger partial charge on any atom is -0.489 e. The smallest absolute Gasteiger partial charge is 0.273 e. The van der Waals surface area contributed by atoms with E-state index in [9.17, 15) is 10.1 Å². The number of benzene rings is 2. The van der Waals surface area contributed by atoms with E-state index in [0.717, 1.165) is 5.56 Å². The second-order valence-electron chi connectivity index (χ2n) is 3.89. The van der Waals surface area contributed by atoms with Crippen molar-refractivity contribution in [2.24, 2.45) is 0 Å². The van der Waals surface area contributed by atoms with Crippen molar-refractivity contribution in [1.29, 1.82) is 5.26 Å². The van der Waals surface area contributed by atoms with Crippen molar-refractivity contribution >= 4 is 17.3 Å². The summed E-state index contributed by atoms with van der Waals surface area (Å²) >= 11 is 5.77. The van der Waals surface area contributed by atoms with Crippen LogP contribution in [0.4, 0.5) is 5.69 Å². The zero-order chi connectivity index (χ0) is 15.7. The van der Waals surface area contributed by atoms with Crippen LogP contribution in [0.1, 0.15) is 12.5 Å². The van der Waals surface area contributed by atoms with Crippen molar-refractivity contribution in [3.8, 4) is 11.8 Å². The van der Waals surface area contributed by atoms with Crippen LogP contribution >= 0.6 is 11.6 Å². The van der Waals surface area contributed by atoms with Crippen LogP contribution in [0, 0.1) is 21.4 Å². The van der Waals surface area contributed by atoms with Gasteiger partial charge in [-0.15, -0.1) is 0 Å². The van der Waals surface area contributed by atoms with E-state index in [1.807, 2.05) is 12.1 Å². The molecule has 108 valence electrons. The predicted octanol–water partition coefficient (Wildman–Crippen LogP) is 4.36. The van der Waals surface area contributed by atoms with Gasteiger partial charge < -0.3 is 4.74 Å². The van der Waals surface area contributed by atoms with Crippen LogP contribution in [0.15, 0.2) is 48.5 Å². The molecule has 0 bridgehead atoms. The summed E-state index contributed by atoms with van der Waals surface area (Å²) in [4.78, 5) is 10.2. The summed E-state index contributed by atoms with van der Waals surface area (Å²) in [6, 6.07) is 15.1. The number of hydrogen-bond acceptors (Lipinski definition) is 4. The Morgan fingerprint density at radius 3 is 2.48 bits per heavy atom. The summed E-state index contributed by atoms with van der Waals surface area (Å²) in [6.07, 6.45) is 0. The molecule has 0 spiro atoms. The van der Waals surface area contributed by atoms with E-state index in [1.54, 1.807) is 30.3 Å². The topological polar surface area (TPSA) is 76.2 Å². The molecule has 0 saturated heterocycles. The summed E-state index contributed by atoms with van der Waals surface area (Å²) in [5.74, 6) is 0.471. The van der Waals surface area contributed by atoms with E-state index in [4.69, 9.17) is 21.6 Å². The van der Waals surface area contributed by atoms with Crippen LogP contribution in [-0.4, -0.2) is 4.92 Å². The van der Waals surface area contributed by atoms with Crippen LogP contribution in [0.5, 0.6) is 5.75 Å². The molecule has 0 aromatic heterocycles. The molecule has 21 heavy (non-hydrogen) atoms. The number of nitro benzene ring substituents is 1. The Kier molecular flexibility index (Phi) is 6.72. The molecule has 0 aliphatic heterocycles. The van der Waals surface area contributed by atoms with Gasteiger partial charge in [-0.25, -0.2) is 0 Å². The van der Waals surface area contributed by atoms with Crippen molar-refractivity contribution in [3.63, 3.8) is 0 Å². The molecule has 0 unspecified atom stereocenters. The third kappa shape index (κ3) is 5.93. The Morgan fingerprint density at radius 1 is 1.29 bits per heavy atom. The van der Waals surface area contributed by atoms with E-state index >= 15 is 0 Å². The van der Waals surface area contributed by atoms with Crippen molar-refractivity contribution in [2.75, 3.05) is 0 Å². The molecule has 0 aliphatic rings. The van der Waals surface area contributed by atoms with Crippen LogP contribution in [-0.2, 0) is 6.61 Å². The second-order valence-corrected chi connectivity index (χ2v) is 4.33. The fraction of sp³-hybridized carbons (Fsp3) is 0.133. The largest absolute Gasteiger partial charge is 0.489 e. The standard InChI is InChI=1S/C13H10ClNO3.C2H3N/c14-11-6-4-10(5-7-11)9-18-13-3-1-2-12(8-13)15(16)17;1-2-3/h1-8H,9H2;1H3. The fourth-order valence-electron chi connectivity index (χ4n) is 1.43. The first-order valence-electron chi connectivity index (χ1n) is 5.99. The first-order valence-corrected chi connectivity index (χ1v) is 6.37. The average Bonchev–Trinajstić information content (AvgIpc) is 2.48. The number of nitro groups is 1. The maximum atomic E-state index is 10.6. The van der Waals surface area contributed by atoms with Gasteiger partial charge in [-0.05, 0) is 23.8 Å². The zero-order valence-corrected chi connectivity index (χ0v) is 12.1. The summed E-state index contributed by atoms with van der Waals surface area (Å²) in [5.41, 5.74) is 0.967. The Labute approximate surface area is 127 Å². The lowest BCUT2D eigenvalue weighted by Crippen LogP contribution is -1.96. The number of halogens is 1. The predicted molar refractivity (Wildman–Crippen MR) is 80.2 cm³/mol. The number of rotatable bonds is 4. The van der Waals surface area contributed by atoms with E-state index < -0.39 is 4.92 Å². The van der Waals surface area contributed by atoms with Crippen molar-refractivity contribution < 1.29 is 9.66 Å². The average molecular weight is 305 g/mol. The lowest BCUT2D eigenvalue weighted by atomic mass is 10.2. The molecule has 0 radical (unpaired) electrons. The van der Waals surface area contributed by atoms with Gasteiger partial charge in [-0.2, -0.15) is 5.26 Å². The number of nitrogens with zero attached hydrogens (tertiary/aromatic N) is 2. The number of ether oxygens (including phenoxy) is 1. The van der Waals surface area contributed by atoms with E-state index in [2.05, 4.69) is 0 Å². The van der Waals surface area contributed by atoms with Crippen LogP contribution in [0.2, 0.25) is 5.02 Å². The molecule has 0 fully saturated rings. The summed E-state index contributed by atoms with van der Waals surface area (Å²) in [7, 11) is 0. The highest BCUT2D eigenvalue weighted by Crippen LogP contribution is 2.20. The highest BCUT2D eigenvalue weighted by atomic mass is 35.5. The van der Waals surface area contributed by atoms with Gasteiger partial charge in [0.2, 0.25) is 0 Å². The van der Waals surface area contributed by atoms with Gasteiger partial charge in [0.1, 0.15) is 12.4 Å². The minimum atomic E-state index is -0.449. The quantitative estimate of drug-likeness (QED) is 0.621. The first kappa shape index (κ1) is 16.5. The maximum Gasteiger partial charge on any atom is 0.273 e. The Balaban J connectivity index is 0.000000677. The summed E-state index contributed by atoms with van der Waals surface area (Å²) in [6.45, 7) is 1.78. The van der Waals surface area contributed by atoms with Gasteiger partial charge in [-0.3, -0.25) is 10.1 Å². The van der Waals surface area contributed by atoms with Crippen molar-refractivity contribution in [3.05, 3.63) is 69.2 Å². The van der Waals surface area contributed by atoms with E-state index in [1.165, 1.54) is 19.1 Å². The SMILES string of the molecule is CC#N.O=[N+]([O-])c1cccc(OCc2ccc(Cl)cc2)c1. The molecule has 2 aromatic carbocycles. The highest BCUT2D eigenvalue weighted by molar-refractivity contribution is 6.30. The Morgan fingerprint density at radius 2 is 1.90 bits per heavy atom. The normalized spacial score (nSPS) is 9.00. The minimum absolute atomic E-state index is 0.0172. The number of hydrogen-bond donors (Lipinski definition) is 0. The summed E-state index contributed by atoms with van der Waals surface area (Å²) < 4.78 is 5.48. The Bertz CT molecular complexity index is 636. The monoisotopic (exact) mass is 304 g/mol. The van der Waals surface area contributed by atoms with Crippen LogP contribution in [0.3, 0.4) is 0 Å². The van der Waals surface area contributed by atoms with Gasteiger partial charge in [0.25, 0.3) is 5.69 Å². The molecule has 5 nitrogen and oxygen atoms in total. The van der Waals surface area contributed by atoms with Gasteiger partial charge in [0, 0.05) is 18.0 Å². The van der Waals surface area contributed by atoms with E-state index in [0.29, 0.717) is 17.4 Å². The van der Waals surface area contributed by atoms with Crippen molar-refractivity contribution in [2.45, 2.75) is 13.5 Å². The molecule has 0 atom stereocenters. The van der Waals surface area contributed by atoms with Crippen LogP contribution < -0.4 is 4.74 Å². The Hall–Kier alpha value is -2.58. The molecular formula is C15H13ClN2O3. The molecular weight excluding hydrogens is 292 g/mol. The van der Waals surface area contributed by atoms with Crippen LogP contribution in [0.25, 0.3) is 0 Å². The van der Waals surface area contributed by atoms with Gasteiger partial charge in [0.05, 0.1) is 17.1 Å².